The second-order valence-corrected chi connectivity index (χ2v) is 6.74. The second kappa shape index (κ2) is 8.25. The van der Waals surface area contributed by atoms with Crippen LogP contribution in [-0.4, -0.2) is 38.7 Å². The monoisotopic (exact) mass is 342 g/mol. The number of rotatable bonds is 7. The van der Waals surface area contributed by atoms with Gasteiger partial charge in [-0.05, 0) is 12.0 Å². The number of hydrogen-bond donors (Lipinski definition) is 0. The Labute approximate surface area is 148 Å². The minimum absolute atomic E-state index is 0.170. The van der Waals surface area contributed by atoms with Gasteiger partial charge in [0.1, 0.15) is 5.82 Å². The van der Waals surface area contributed by atoms with Crippen LogP contribution in [0.3, 0.4) is 0 Å². The van der Waals surface area contributed by atoms with Crippen molar-refractivity contribution in [1.29, 1.82) is 0 Å². The fraction of sp³-hybridized carbons (Fsp3) is 0.526. The number of aromatic nitrogens is 3. The predicted octanol–water partition coefficient (Wildman–Crippen LogP) is 2.74. The largest absolute Gasteiger partial charge is 0.377 e. The Morgan fingerprint density at radius 1 is 1.20 bits per heavy atom. The Morgan fingerprint density at radius 3 is 2.76 bits per heavy atom. The number of benzene rings is 1. The van der Waals surface area contributed by atoms with E-state index in [2.05, 4.69) is 28.6 Å². The maximum atomic E-state index is 12.4. The molecule has 0 N–H and O–H groups in total. The van der Waals surface area contributed by atoms with Crippen molar-refractivity contribution in [3.63, 3.8) is 0 Å². The molecule has 1 aromatic heterocycles. The van der Waals surface area contributed by atoms with Gasteiger partial charge in [0.2, 0.25) is 5.91 Å². The van der Waals surface area contributed by atoms with E-state index in [4.69, 9.17) is 4.74 Å². The number of hydrogen-bond acceptors (Lipinski definition) is 4. The Kier molecular flexibility index (Phi) is 5.81. The number of ether oxygens (including phenoxy) is 1. The maximum Gasteiger partial charge on any atom is 0.223 e. The van der Waals surface area contributed by atoms with Crippen LogP contribution >= 0.6 is 0 Å². The molecule has 0 unspecified atom stereocenters. The van der Waals surface area contributed by atoms with E-state index in [9.17, 15) is 4.79 Å². The van der Waals surface area contributed by atoms with Crippen molar-refractivity contribution in [2.75, 3.05) is 13.2 Å². The molecule has 1 aliphatic rings. The molecule has 0 bridgehead atoms. The molecule has 0 spiro atoms. The van der Waals surface area contributed by atoms with Crippen LogP contribution < -0.4 is 0 Å². The number of carbonyl (C=O) groups excluding carboxylic acids is 1. The van der Waals surface area contributed by atoms with Gasteiger partial charge >= 0.3 is 0 Å². The molecule has 0 saturated heterocycles. The van der Waals surface area contributed by atoms with Crippen LogP contribution in [0.15, 0.2) is 30.3 Å². The SMILES string of the molecule is CC(C)c1nnc2n1CCN(C(=O)CCCOCc1ccccc1)C2. The Balaban J connectivity index is 1.40. The van der Waals surface area contributed by atoms with Crippen LogP contribution in [0.2, 0.25) is 0 Å². The summed E-state index contributed by atoms with van der Waals surface area (Å²) in [4.78, 5) is 14.3. The van der Waals surface area contributed by atoms with Gasteiger partial charge < -0.3 is 14.2 Å². The number of nitrogens with zero attached hydrogens (tertiary/aromatic N) is 4. The minimum Gasteiger partial charge on any atom is -0.377 e. The van der Waals surface area contributed by atoms with Crippen LogP contribution in [0.4, 0.5) is 0 Å². The highest BCUT2D eigenvalue weighted by molar-refractivity contribution is 5.76. The fourth-order valence-electron chi connectivity index (χ4n) is 3.07. The first kappa shape index (κ1) is 17.6. The molecule has 2 heterocycles. The Morgan fingerprint density at radius 2 is 2.00 bits per heavy atom. The Bertz CT molecular complexity index is 697. The van der Waals surface area contributed by atoms with Crippen LogP contribution in [0.5, 0.6) is 0 Å². The van der Waals surface area contributed by atoms with Crippen LogP contribution in [0, 0.1) is 0 Å². The van der Waals surface area contributed by atoms with Gasteiger partial charge in [0.05, 0.1) is 13.2 Å². The summed E-state index contributed by atoms with van der Waals surface area (Å²) in [7, 11) is 0. The molecule has 1 amide bonds. The summed E-state index contributed by atoms with van der Waals surface area (Å²) in [6, 6.07) is 10.1. The molecule has 0 saturated carbocycles. The van der Waals surface area contributed by atoms with Gasteiger partial charge in [-0.15, -0.1) is 10.2 Å². The lowest BCUT2D eigenvalue weighted by atomic mass is 10.2. The van der Waals surface area contributed by atoms with Crippen molar-refractivity contribution in [3.05, 3.63) is 47.5 Å². The van der Waals surface area contributed by atoms with Gasteiger partial charge in [0.25, 0.3) is 0 Å². The quantitative estimate of drug-likeness (QED) is 0.726. The lowest BCUT2D eigenvalue weighted by Crippen LogP contribution is -2.38. The third-order valence-corrected chi connectivity index (χ3v) is 4.44. The minimum atomic E-state index is 0.170. The zero-order valence-corrected chi connectivity index (χ0v) is 15.0. The third kappa shape index (κ3) is 4.45. The van der Waals surface area contributed by atoms with Crippen molar-refractivity contribution in [2.45, 2.75) is 52.3 Å². The van der Waals surface area contributed by atoms with Crippen molar-refractivity contribution >= 4 is 5.91 Å². The lowest BCUT2D eigenvalue weighted by molar-refractivity contribution is -0.133. The molecule has 0 atom stereocenters. The summed E-state index contributed by atoms with van der Waals surface area (Å²) in [6.07, 6.45) is 1.26. The standard InChI is InChI=1S/C19H26N4O2/c1-15(2)19-21-20-17-13-22(10-11-23(17)19)18(24)9-6-12-25-14-16-7-4-3-5-8-16/h3-5,7-8,15H,6,9-14H2,1-2H3. The zero-order valence-electron chi connectivity index (χ0n) is 15.0. The van der Waals surface area contributed by atoms with Crippen LogP contribution in [-0.2, 0) is 29.2 Å². The molecule has 6 nitrogen and oxygen atoms in total. The molecule has 1 aromatic carbocycles. The summed E-state index contributed by atoms with van der Waals surface area (Å²) < 4.78 is 7.80. The normalized spacial score (nSPS) is 14.0. The van der Waals surface area contributed by atoms with E-state index in [0.717, 1.165) is 36.7 Å². The second-order valence-electron chi connectivity index (χ2n) is 6.74. The van der Waals surface area contributed by atoms with E-state index >= 15 is 0 Å². The smallest absolute Gasteiger partial charge is 0.223 e. The van der Waals surface area contributed by atoms with E-state index in [1.807, 2.05) is 35.2 Å². The van der Waals surface area contributed by atoms with E-state index in [0.29, 0.717) is 32.1 Å². The molecule has 0 radical (unpaired) electrons. The first-order valence-electron chi connectivity index (χ1n) is 8.96. The predicted molar refractivity (Wildman–Crippen MR) is 94.9 cm³/mol. The first-order chi connectivity index (χ1) is 12.1. The van der Waals surface area contributed by atoms with Gasteiger partial charge in [0.15, 0.2) is 5.82 Å². The van der Waals surface area contributed by atoms with Crippen molar-refractivity contribution in [2.24, 2.45) is 0 Å². The summed E-state index contributed by atoms with van der Waals surface area (Å²) in [5.74, 6) is 2.42. The zero-order chi connectivity index (χ0) is 17.6. The van der Waals surface area contributed by atoms with E-state index in [-0.39, 0.29) is 5.91 Å². The average molecular weight is 342 g/mol. The number of fused-ring (bicyclic) bond motifs is 1. The molecule has 134 valence electrons. The molecular weight excluding hydrogens is 316 g/mol. The number of carbonyl (C=O) groups is 1. The van der Waals surface area contributed by atoms with Crippen molar-refractivity contribution in [3.8, 4) is 0 Å². The van der Waals surface area contributed by atoms with Crippen LogP contribution in [0.1, 0.15) is 49.8 Å². The fourth-order valence-corrected chi connectivity index (χ4v) is 3.07. The van der Waals surface area contributed by atoms with E-state index in [1.165, 1.54) is 0 Å². The molecule has 0 fully saturated rings. The topological polar surface area (TPSA) is 60.2 Å². The summed E-state index contributed by atoms with van der Waals surface area (Å²) >= 11 is 0. The van der Waals surface area contributed by atoms with E-state index < -0.39 is 0 Å². The summed E-state index contributed by atoms with van der Waals surface area (Å²) in [6.45, 7) is 7.50. The Hall–Kier alpha value is -2.21. The van der Waals surface area contributed by atoms with E-state index in [1.54, 1.807) is 0 Å². The maximum absolute atomic E-state index is 12.4. The lowest BCUT2D eigenvalue weighted by Gasteiger charge is -2.28. The molecule has 6 heteroatoms. The molecule has 0 aliphatic carbocycles. The molecule has 2 aromatic rings. The molecule has 1 aliphatic heterocycles. The van der Waals surface area contributed by atoms with Gasteiger partial charge in [-0.1, -0.05) is 44.2 Å². The molecule has 3 rings (SSSR count). The van der Waals surface area contributed by atoms with Gasteiger partial charge in [-0.3, -0.25) is 4.79 Å². The highest BCUT2D eigenvalue weighted by Gasteiger charge is 2.24. The van der Waals surface area contributed by atoms with Gasteiger partial charge in [-0.25, -0.2) is 0 Å². The molecular formula is C19H26N4O2. The summed E-state index contributed by atoms with van der Waals surface area (Å²) in [5.41, 5.74) is 1.16. The first-order valence-corrected chi connectivity index (χ1v) is 8.96. The average Bonchev–Trinajstić information content (AvgIpc) is 3.05. The van der Waals surface area contributed by atoms with Crippen molar-refractivity contribution in [1.82, 2.24) is 19.7 Å². The number of amides is 1. The highest BCUT2D eigenvalue weighted by atomic mass is 16.5. The highest BCUT2D eigenvalue weighted by Crippen LogP contribution is 2.18. The van der Waals surface area contributed by atoms with Gasteiger partial charge in [-0.2, -0.15) is 0 Å². The van der Waals surface area contributed by atoms with Crippen molar-refractivity contribution < 1.29 is 9.53 Å². The van der Waals surface area contributed by atoms with Gasteiger partial charge in [0, 0.05) is 32.0 Å². The summed E-state index contributed by atoms with van der Waals surface area (Å²) in [5, 5.41) is 8.51. The molecule has 25 heavy (non-hydrogen) atoms. The van der Waals surface area contributed by atoms with Crippen LogP contribution in [0.25, 0.3) is 0 Å². The third-order valence-electron chi connectivity index (χ3n) is 4.44.